The van der Waals surface area contributed by atoms with Crippen LogP contribution in [0, 0.1) is 18.6 Å². The largest absolute Gasteiger partial charge is 0.392 e. The lowest BCUT2D eigenvalue weighted by Crippen LogP contribution is -2.35. The molecule has 0 heterocycles. The van der Waals surface area contributed by atoms with Gasteiger partial charge in [-0.05, 0) is 18.6 Å². The van der Waals surface area contributed by atoms with Gasteiger partial charge >= 0.3 is 0 Å². The van der Waals surface area contributed by atoms with E-state index in [1.807, 2.05) is 0 Å². The van der Waals surface area contributed by atoms with E-state index in [0.717, 1.165) is 0 Å². The molecule has 17 heavy (non-hydrogen) atoms. The van der Waals surface area contributed by atoms with Gasteiger partial charge in [0.2, 0.25) is 0 Å². The number of hydrogen-bond acceptors (Lipinski definition) is 2. The summed E-state index contributed by atoms with van der Waals surface area (Å²) in [4.78, 5) is 13.1. The number of halogens is 2. The van der Waals surface area contributed by atoms with Crippen LogP contribution in [0.5, 0.6) is 0 Å². The monoisotopic (exact) mass is 258 g/mol. The van der Waals surface area contributed by atoms with E-state index in [0.29, 0.717) is 6.07 Å². The van der Waals surface area contributed by atoms with E-state index >= 15 is 0 Å². The number of likely N-dealkylation sites (N-methyl/N-ethyl adjacent to an activating group) is 1. The summed E-state index contributed by atoms with van der Waals surface area (Å²) in [5, 5.41) is 0. The van der Waals surface area contributed by atoms with Gasteiger partial charge in [-0.15, -0.1) is 0 Å². The topological polar surface area (TPSA) is 46.3 Å². The van der Waals surface area contributed by atoms with Crippen molar-refractivity contribution in [3.8, 4) is 0 Å². The van der Waals surface area contributed by atoms with Crippen LogP contribution >= 0.6 is 12.2 Å². The Hall–Kier alpha value is -1.56. The van der Waals surface area contributed by atoms with E-state index in [2.05, 4.69) is 12.2 Å². The number of benzene rings is 1. The smallest absolute Gasteiger partial charge is 0.256 e. The Balaban J connectivity index is 3.04. The van der Waals surface area contributed by atoms with Gasteiger partial charge in [0.25, 0.3) is 5.91 Å². The highest BCUT2D eigenvalue weighted by Gasteiger charge is 2.18. The van der Waals surface area contributed by atoms with Gasteiger partial charge in [-0.1, -0.05) is 12.2 Å². The van der Waals surface area contributed by atoms with Crippen molar-refractivity contribution < 1.29 is 13.6 Å². The van der Waals surface area contributed by atoms with Crippen molar-refractivity contribution in [1.29, 1.82) is 0 Å². The average Bonchev–Trinajstić information content (AvgIpc) is 2.21. The Morgan fingerprint density at radius 3 is 2.53 bits per heavy atom. The second kappa shape index (κ2) is 5.18. The quantitative estimate of drug-likeness (QED) is 0.838. The Morgan fingerprint density at radius 2 is 2.00 bits per heavy atom. The molecule has 0 atom stereocenters. The van der Waals surface area contributed by atoms with Crippen LogP contribution in [0.3, 0.4) is 0 Å². The molecular weight excluding hydrogens is 246 g/mol. The molecule has 0 aliphatic heterocycles. The zero-order valence-electron chi connectivity index (χ0n) is 9.46. The Bertz CT molecular complexity index is 477. The first-order valence-electron chi connectivity index (χ1n) is 4.82. The number of nitrogens with zero attached hydrogens (tertiary/aromatic N) is 1. The molecule has 0 aliphatic carbocycles. The lowest BCUT2D eigenvalue weighted by Gasteiger charge is -2.17. The van der Waals surface area contributed by atoms with Crippen LogP contribution < -0.4 is 5.73 Å². The normalized spacial score (nSPS) is 10.1. The van der Waals surface area contributed by atoms with E-state index in [4.69, 9.17) is 5.73 Å². The fraction of sp³-hybridized carbons (Fsp3) is 0.273. The zero-order valence-corrected chi connectivity index (χ0v) is 10.3. The molecule has 3 nitrogen and oxygen atoms in total. The van der Waals surface area contributed by atoms with Gasteiger partial charge in [-0.3, -0.25) is 4.79 Å². The highest BCUT2D eigenvalue weighted by Crippen LogP contribution is 2.15. The number of nitrogens with two attached hydrogens (primary N) is 1. The third kappa shape index (κ3) is 3.20. The maximum absolute atomic E-state index is 13.4. The number of carbonyl (C=O) groups is 1. The predicted octanol–water partition coefficient (Wildman–Crippen LogP) is 1.63. The predicted molar refractivity (Wildman–Crippen MR) is 64.8 cm³/mol. The Labute approximate surface area is 103 Å². The molecule has 0 bridgehead atoms. The van der Waals surface area contributed by atoms with Crippen molar-refractivity contribution in [1.82, 2.24) is 4.90 Å². The van der Waals surface area contributed by atoms with Crippen LogP contribution in [-0.4, -0.2) is 29.4 Å². The fourth-order valence-corrected chi connectivity index (χ4v) is 1.53. The molecule has 1 aromatic carbocycles. The van der Waals surface area contributed by atoms with Crippen LogP contribution in [0.15, 0.2) is 12.1 Å². The van der Waals surface area contributed by atoms with Gasteiger partial charge in [-0.25, -0.2) is 8.78 Å². The number of hydrogen-bond donors (Lipinski definition) is 1. The number of rotatable bonds is 3. The third-order valence-corrected chi connectivity index (χ3v) is 2.35. The van der Waals surface area contributed by atoms with E-state index in [1.165, 1.54) is 24.9 Å². The Kier molecular flexibility index (Phi) is 4.11. The molecule has 6 heteroatoms. The summed E-state index contributed by atoms with van der Waals surface area (Å²) in [5.74, 6) is -2.16. The van der Waals surface area contributed by atoms with Gasteiger partial charge in [-0.2, -0.15) is 0 Å². The Morgan fingerprint density at radius 1 is 1.41 bits per heavy atom. The molecular formula is C11H12F2N2OS. The maximum atomic E-state index is 13.4. The molecule has 0 aromatic heterocycles. The van der Waals surface area contributed by atoms with Crippen molar-refractivity contribution in [2.75, 3.05) is 13.6 Å². The summed E-state index contributed by atoms with van der Waals surface area (Å²) < 4.78 is 26.5. The van der Waals surface area contributed by atoms with E-state index < -0.39 is 17.5 Å². The third-order valence-electron chi connectivity index (χ3n) is 2.22. The molecule has 1 rings (SSSR count). The molecule has 0 radical (unpaired) electrons. The van der Waals surface area contributed by atoms with Gasteiger partial charge in [0, 0.05) is 13.1 Å². The first kappa shape index (κ1) is 13.5. The van der Waals surface area contributed by atoms with Crippen LogP contribution in [-0.2, 0) is 0 Å². The minimum atomic E-state index is -0.895. The summed E-state index contributed by atoms with van der Waals surface area (Å²) in [5.41, 5.74) is 5.30. The SMILES string of the molecule is Cc1cc(C(=O)N(C)CC(N)=S)c(F)cc1F. The van der Waals surface area contributed by atoms with Crippen molar-refractivity contribution in [2.24, 2.45) is 5.73 Å². The lowest BCUT2D eigenvalue weighted by molar-refractivity contribution is 0.0810. The second-order valence-corrected chi connectivity index (χ2v) is 4.23. The minimum absolute atomic E-state index is 0.0457. The van der Waals surface area contributed by atoms with E-state index in [1.54, 1.807) is 0 Å². The van der Waals surface area contributed by atoms with Crippen LogP contribution in [0.25, 0.3) is 0 Å². The molecule has 0 saturated carbocycles. The molecule has 0 spiro atoms. The molecule has 0 unspecified atom stereocenters. The van der Waals surface area contributed by atoms with E-state index in [9.17, 15) is 13.6 Å². The van der Waals surface area contributed by atoms with Crippen LogP contribution in [0.2, 0.25) is 0 Å². The van der Waals surface area contributed by atoms with Gasteiger partial charge in [0.15, 0.2) is 0 Å². The zero-order chi connectivity index (χ0) is 13.2. The first-order valence-corrected chi connectivity index (χ1v) is 5.23. The lowest BCUT2D eigenvalue weighted by atomic mass is 10.1. The molecule has 2 N–H and O–H groups in total. The molecule has 0 aliphatic rings. The molecule has 1 amide bonds. The van der Waals surface area contributed by atoms with Gasteiger partial charge in [0.1, 0.15) is 11.6 Å². The van der Waals surface area contributed by atoms with Crippen molar-refractivity contribution in [3.63, 3.8) is 0 Å². The number of amides is 1. The van der Waals surface area contributed by atoms with Crippen LogP contribution in [0.4, 0.5) is 8.78 Å². The standard InChI is InChI=1S/C11H12F2N2OS/c1-6-3-7(9(13)4-8(6)12)11(16)15(2)5-10(14)17/h3-4H,5H2,1-2H3,(H2,14,17). The highest BCUT2D eigenvalue weighted by atomic mass is 32.1. The maximum Gasteiger partial charge on any atom is 0.256 e. The molecule has 92 valence electrons. The first-order chi connectivity index (χ1) is 7.82. The summed E-state index contributed by atoms with van der Waals surface area (Å²) in [7, 11) is 1.44. The molecule has 0 fully saturated rings. The summed E-state index contributed by atoms with van der Waals surface area (Å²) in [6.45, 7) is 1.50. The van der Waals surface area contributed by atoms with Gasteiger partial charge < -0.3 is 10.6 Å². The second-order valence-electron chi connectivity index (χ2n) is 3.71. The molecule has 1 aromatic rings. The summed E-state index contributed by atoms with van der Waals surface area (Å²) in [6, 6.07) is 1.86. The van der Waals surface area contributed by atoms with Crippen molar-refractivity contribution in [3.05, 3.63) is 34.9 Å². The number of thiocarbonyl (C=S) groups is 1. The van der Waals surface area contributed by atoms with E-state index in [-0.39, 0.29) is 22.7 Å². The minimum Gasteiger partial charge on any atom is -0.392 e. The summed E-state index contributed by atoms with van der Waals surface area (Å²) >= 11 is 4.65. The van der Waals surface area contributed by atoms with Crippen molar-refractivity contribution in [2.45, 2.75) is 6.92 Å². The number of aryl methyl sites for hydroxylation is 1. The molecule has 0 saturated heterocycles. The number of carbonyl (C=O) groups excluding carboxylic acids is 1. The highest BCUT2D eigenvalue weighted by molar-refractivity contribution is 7.80. The average molecular weight is 258 g/mol. The van der Waals surface area contributed by atoms with Gasteiger partial charge in [0.05, 0.1) is 17.1 Å². The van der Waals surface area contributed by atoms with Crippen molar-refractivity contribution >= 4 is 23.1 Å². The van der Waals surface area contributed by atoms with Crippen LogP contribution in [0.1, 0.15) is 15.9 Å². The summed E-state index contributed by atoms with van der Waals surface area (Å²) in [6.07, 6.45) is 0. The fourth-order valence-electron chi connectivity index (χ4n) is 1.33.